The van der Waals surface area contributed by atoms with Crippen molar-refractivity contribution < 1.29 is 13.0 Å². The molecule has 1 aromatic heterocycles. The molecule has 4 rings (SSSR count). The van der Waals surface area contributed by atoms with Crippen molar-refractivity contribution in [1.29, 1.82) is 5.26 Å². The van der Waals surface area contributed by atoms with Crippen molar-refractivity contribution in [2.45, 2.75) is 35.1 Å². The molecule has 1 saturated carbocycles. The van der Waals surface area contributed by atoms with E-state index in [9.17, 15) is 18.2 Å². The van der Waals surface area contributed by atoms with E-state index in [1.807, 2.05) is 6.08 Å². The van der Waals surface area contributed by atoms with E-state index in [2.05, 4.69) is 21.2 Å². The molecule has 0 bridgehead atoms. The molecule has 11 heteroatoms. The first-order valence-electron chi connectivity index (χ1n) is 9.46. The van der Waals surface area contributed by atoms with Crippen LogP contribution in [0.1, 0.15) is 31.0 Å². The number of anilines is 2. The van der Waals surface area contributed by atoms with Crippen LogP contribution in [0.25, 0.3) is 6.08 Å². The molecule has 30 heavy (non-hydrogen) atoms. The zero-order chi connectivity index (χ0) is 21.5. The molecular formula is C19H22N6O3S2. The normalized spacial score (nSPS) is 19.1. The third-order valence-electron chi connectivity index (χ3n) is 5.18. The number of hydrogen-bond acceptors (Lipinski definition) is 7. The molecule has 0 radical (unpaired) electrons. The molecule has 0 amide bonds. The lowest BCUT2D eigenvalue weighted by Gasteiger charge is -2.17. The summed E-state index contributed by atoms with van der Waals surface area (Å²) >= 11 is -1.49. The Hall–Kier alpha value is -2.52. The Morgan fingerprint density at radius 2 is 2.10 bits per heavy atom. The molecule has 2 heterocycles. The van der Waals surface area contributed by atoms with E-state index < -0.39 is 21.4 Å². The maximum atomic E-state index is 12.6. The summed E-state index contributed by atoms with van der Waals surface area (Å²) in [5, 5.41) is 17.1. The first kappa shape index (κ1) is 20.7. The quantitative estimate of drug-likeness (QED) is 0.625. The molecule has 2 N–H and O–H groups in total. The van der Waals surface area contributed by atoms with Gasteiger partial charge in [0.25, 0.3) is 0 Å². The highest BCUT2D eigenvalue weighted by Gasteiger charge is 2.38. The molecule has 1 unspecified atom stereocenters. The molecule has 0 spiro atoms. The Bertz CT molecular complexity index is 1110. The lowest BCUT2D eigenvalue weighted by molar-refractivity contribution is 0.409. The number of sulfonamides is 1. The Balaban J connectivity index is 1.68. The van der Waals surface area contributed by atoms with Crippen molar-refractivity contribution in [3.63, 3.8) is 0 Å². The molecule has 1 aliphatic heterocycles. The predicted molar refractivity (Wildman–Crippen MR) is 113 cm³/mol. The molecule has 158 valence electrons. The average molecular weight is 447 g/mol. The van der Waals surface area contributed by atoms with Crippen LogP contribution in [0.4, 0.5) is 11.5 Å². The van der Waals surface area contributed by atoms with Gasteiger partial charge in [-0.15, -0.1) is 5.10 Å². The van der Waals surface area contributed by atoms with Gasteiger partial charge in [0.1, 0.15) is 17.1 Å². The summed E-state index contributed by atoms with van der Waals surface area (Å²) in [6.45, 7) is 0. The Labute approximate surface area is 178 Å². The fraction of sp³-hybridized carbons (Fsp3) is 0.368. The minimum absolute atomic E-state index is 0.0633. The Morgan fingerprint density at radius 3 is 2.70 bits per heavy atom. The van der Waals surface area contributed by atoms with E-state index in [0.717, 1.165) is 17.1 Å². The van der Waals surface area contributed by atoms with Crippen molar-refractivity contribution in [2.24, 2.45) is 5.92 Å². The third kappa shape index (κ3) is 3.79. The molecular weight excluding hydrogens is 424 g/mol. The van der Waals surface area contributed by atoms with Gasteiger partial charge in [-0.2, -0.15) is 5.26 Å². The van der Waals surface area contributed by atoms with E-state index in [1.54, 1.807) is 23.0 Å². The fourth-order valence-corrected chi connectivity index (χ4v) is 5.25. The SMILES string of the molecule is CN(C)S(=O)(=O)c1ccc(Nc2nn([C@@H](CC#N)C3CC3)c3c2[S+]([O-])NC=C3)cc1. The number of nitriles is 1. The van der Waals surface area contributed by atoms with Crippen LogP contribution in [-0.2, 0) is 21.4 Å². The van der Waals surface area contributed by atoms with Crippen LogP contribution >= 0.6 is 0 Å². The standard InChI is InChI=1S/C19H22N6O3S2/c1-24(2)30(27,28)15-7-5-14(6-8-15)22-19-18-17(10-12-21-29(18)26)25(23-19)16(9-11-20)13-3-4-13/h5-8,10,12-13,16,21H,3-4,9H2,1-2H3,(H,22,23)/t16-,29?/m0/s1. The number of fused-ring (bicyclic) bond motifs is 1. The molecule has 9 nitrogen and oxygen atoms in total. The van der Waals surface area contributed by atoms with Gasteiger partial charge in [-0.05, 0) is 49.1 Å². The molecule has 0 saturated heterocycles. The molecule has 1 aromatic carbocycles. The number of nitrogens with one attached hydrogen (secondary N) is 2. The first-order chi connectivity index (χ1) is 14.3. The minimum atomic E-state index is -3.52. The van der Waals surface area contributed by atoms with Gasteiger partial charge < -0.3 is 9.87 Å². The highest BCUT2D eigenvalue weighted by Crippen LogP contribution is 2.44. The monoisotopic (exact) mass is 446 g/mol. The van der Waals surface area contributed by atoms with Gasteiger partial charge in [0.05, 0.1) is 23.4 Å². The van der Waals surface area contributed by atoms with Crippen molar-refractivity contribution in [1.82, 2.24) is 18.8 Å². The second-order valence-electron chi connectivity index (χ2n) is 7.43. The zero-order valence-electron chi connectivity index (χ0n) is 16.6. The number of rotatable bonds is 7. The second-order valence-corrected chi connectivity index (χ2v) is 10.8. The molecule has 2 aliphatic rings. The van der Waals surface area contributed by atoms with Crippen LogP contribution < -0.4 is 10.0 Å². The van der Waals surface area contributed by atoms with Crippen molar-refractivity contribution in [2.75, 3.05) is 19.4 Å². The van der Waals surface area contributed by atoms with Crippen molar-refractivity contribution in [3.05, 3.63) is 36.2 Å². The van der Waals surface area contributed by atoms with E-state index in [1.165, 1.54) is 26.2 Å². The van der Waals surface area contributed by atoms with Crippen molar-refractivity contribution >= 4 is 39.0 Å². The average Bonchev–Trinajstić information content (AvgIpc) is 3.49. The van der Waals surface area contributed by atoms with Crippen LogP contribution in [0.3, 0.4) is 0 Å². The first-order valence-corrected chi connectivity index (χ1v) is 12.1. The van der Waals surface area contributed by atoms with Crippen LogP contribution in [-0.4, -0.2) is 41.2 Å². The molecule has 2 aromatic rings. The van der Waals surface area contributed by atoms with Crippen molar-refractivity contribution in [3.8, 4) is 6.07 Å². The van der Waals surface area contributed by atoms with Gasteiger partial charge in [0, 0.05) is 26.0 Å². The highest BCUT2D eigenvalue weighted by molar-refractivity contribution is 7.90. The van der Waals surface area contributed by atoms with E-state index in [-0.39, 0.29) is 10.9 Å². The largest absolute Gasteiger partial charge is 0.588 e. The van der Waals surface area contributed by atoms with E-state index in [0.29, 0.717) is 34.4 Å². The molecule has 1 aliphatic carbocycles. The summed E-state index contributed by atoms with van der Waals surface area (Å²) in [6.07, 6.45) is 5.88. The smallest absolute Gasteiger partial charge is 0.249 e. The summed E-state index contributed by atoms with van der Waals surface area (Å²) in [5.41, 5.74) is 1.34. The Morgan fingerprint density at radius 1 is 1.40 bits per heavy atom. The minimum Gasteiger partial charge on any atom is -0.588 e. The molecule has 2 atom stereocenters. The summed E-state index contributed by atoms with van der Waals surface area (Å²) in [7, 11) is -0.558. The maximum absolute atomic E-state index is 12.6. The van der Waals surface area contributed by atoms with E-state index in [4.69, 9.17) is 0 Å². The van der Waals surface area contributed by atoms with Crippen LogP contribution in [0.15, 0.2) is 40.3 Å². The van der Waals surface area contributed by atoms with Gasteiger partial charge in [0.2, 0.25) is 20.7 Å². The summed E-state index contributed by atoms with van der Waals surface area (Å²) < 4.78 is 42.9. The van der Waals surface area contributed by atoms with Gasteiger partial charge >= 0.3 is 0 Å². The zero-order valence-corrected chi connectivity index (χ0v) is 18.2. The van der Waals surface area contributed by atoms with E-state index >= 15 is 0 Å². The fourth-order valence-electron chi connectivity index (χ4n) is 3.42. The lowest BCUT2D eigenvalue weighted by atomic mass is 10.1. The number of aromatic nitrogens is 2. The number of hydrogen-bond donors (Lipinski definition) is 2. The van der Waals surface area contributed by atoms with Gasteiger partial charge in [-0.1, -0.05) is 0 Å². The van der Waals surface area contributed by atoms with Gasteiger partial charge in [-0.25, -0.2) is 17.4 Å². The summed E-state index contributed by atoms with van der Waals surface area (Å²) in [5.74, 6) is 0.820. The second kappa shape index (κ2) is 7.96. The predicted octanol–water partition coefficient (Wildman–Crippen LogP) is 2.34. The highest BCUT2D eigenvalue weighted by atomic mass is 32.2. The summed E-state index contributed by atoms with van der Waals surface area (Å²) in [4.78, 5) is 0.702. The maximum Gasteiger partial charge on any atom is 0.249 e. The Kier molecular flexibility index (Phi) is 5.50. The van der Waals surface area contributed by atoms with Gasteiger partial charge in [-0.3, -0.25) is 4.68 Å². The van der Waals surface area contributed by atoms with Crippen LogP contribution in [0, 0.1) is 17.2 Å². The summed E-state index contributed by atoms with van der Waals surface area (Å²) in [6, 6.07) is 8.49. The van der Waals surface area contributed by atoms with Gasteiger partial charge in [0.15, 0.2) is 0 Å². The topological polar surface area (TPSA) is 126 Å². The number of nitrogens with zero attached hydrogens (tertiary/aromatic N) is 4. The van der Waals surface area contributed by atoms with Crippen LogP contribution in [0.5, 0.6) is 0 Å². The third-order valence-corrected chi connectivity index (χ3v) is 8.13. The van der Waals surface area contributed by atoms with Crippen LogP contribution in [0.2, 0.25) is 0 Å². The number of benzene rings is 1. The molecule has 1 fully saturated rings. The lowest BCUT2D eigenvalue weighted by Crippen LogP contribution is -2.23.